The van der Waals surface area contributed by atoms with Crippen molar-refractivity contribution in [3.8, 4) is 0 Å². The van der Waals surface area contributed by atoms with E-state index in [-0.39, 0.29) is 18.4 Å². The average Bonchev–Trinajstić information content (AvgIpc) is 3.18. The monoisotopic (exact) mass is 412 g/mol. The Morgan fingerprint density at radius 3 is 1.97 bits per heavy atom. The lowest BCUT2D eigenvalue weighted by atomic mass is 9.83. The molecule has 2 amide bonds. The number of guanidine groups is 1. The number of carbonyl (C=O) groups excluding carboxylic acids is 2. The second-order valence-electron chi connectivity index (χ2n) is 7.45. The van der Waals surface area contributed by atoms with Crippen molar-refractivity contribution in [2.24, 2.45) is 4.99 Å². The number of nitrogens with one attached hydrogen (secondary N) is 2. The topological polar surface area (TPSA) is 73.8 Å². The van der Waals surface area contributed by atoms with Crippen molar-refractivity contribution in [1.82, 2.24) is 15.5 Å². The van der Waals surface area contributed by atoms with Crippen molar-refractivity contribution in [1.29, 1.82) is 0 Å². The van der Waals surface area contributed by atoms with Crippen LogP contribution in [-0.4, -0.2) is 36.3 Å². The van der Waals surface area contributed by atoms with Crippen LogP contribution in [0.5, 0.6) is 0 Å². The predicted molar refractivity (Wildman–Crippen MR) is 120 cm³/mol. The molecule has 0 radical (unpaired) electrons. The Bertz CT molecular complexity index is 1040. The molecule has 3 aromatic rings. The average molecular weight is 412 g/mol. The van der Waals surface area contributed by atoms with Crippen LogP contribution in [0.1, 0.15) is 16.7 Å². The summed E-state index contributed by atoms with van der Waals surface area (Å²) >= 11 is 0. The van der Waals surface area contributed by atoms with E-state index >= 15 is 0 Å². The first-order valence-electron chi connectivity index (χ1n) is 10.1. The molecule has 1 aliphatic heterocycles. The van der Waals surface area contributed by atoms with Crippen LogP contribution in [-0.2, 0) is 21.7 Å². The Hall–Kier alpha value is -3.93. The van der Waals surface area contributed by atoms with Gasteiger partial charge in [-0.1, -0.05) is 91.0 Å². The van der Waals surface area contributed by atoms with E-state index in [1.807, 2.05) is 91.0 Å². The first-order valence-corrected chi connectivity index (χ1v) is 10.1. The number of carbonyl (C=O) groups is 2. The Morgan fingerprint density at radius 1 is 0.903 bits per heavy atom. The molecule has 0 saturated heterocycles. The molecule has 0 spiro atoms. The summed E-state index contributed by atoms with van der Waals surface area (Å²) in [6.07, 6.45) is 0. The minimum Gasteiger partial charge on any atom is -0.350 e. The van der Waals surface area contributed by atoms with E-state index in [2.05, 4.69) is 10.6 Å². The normalized spacial score (nSPS) is 14.5. The third-order valence-electron chi connectivity index (χ3n) is 5.29. The second-order valence-corrected chi connectivity index (χ2v) is 7.45. The number of benzene rings is 3. The van der Waals surface area contributed by atoms with Crippen molar-refractivity contribution in [2.45, 2.75) is 12.1 Å². The Labute approximate surface area is 181 Å². The third kappa shape index (κ3) is 4.19. The summed E-state index contributed by atoms with van der Waals surface area (Å²) in [5.41, 5.74) is 1.38. The van der Waals surface area contributed by atoms with Gasteiger partial charge < -0.3 is 10.2 Å². The molecule has 1 aliphatic rings. The SMILES string of the molecule is CN(CC(=O)NCc1ccccc1)C1=NC(c2ccccc2)(c2ccccc2)C(=O)N1. The number of rotatable bonds is 6. The zero-order valence-electron chi connectivity index (χ0n) is 17.3. The maximum Gasteiger partial charge on any atom is 0.264 e. The molecule has 0 aromatic heterocycles. The van der Waals surface area contributed by atoms with Crippen molar-refractivity contribution in [3.05, 3.63) is 108 Å². The molecule has 0 aliphatic carbocycles. The number of aliphatic imine (C=N–C) groups is 1. The fourth-order valence-corrected chi connectivity index (χ4v) is 3.67. The van der Waals surface area contributed by atoms with Crippen LogP contribution in [0.2, 0.25) is 0 Å². The summed E-state index contributed by atoms with van der Waals surface area (Å²) in [6, 6.07) is 28.7. The summed E-state index contributed by atoms with van der Waals surface area (Å²) in [4.78, 5) is 32.2. The number of amides is 2. The number of hydrogen-bond donors (Lipinski definition) is 2. The molecular weight excluding hydrogens is 388 g/mol. The summed E-state index contributed by atoms with van der Waals surface area (Å²) in [6.45, 7) is 0.524. The Balaban J connectivity index is 1.56. The van der Waals surface area contributed by atoms with Crippen LogP contribution in [0.4, 0.5) is 0 Å². The van der Waals surface area contributed by atoms with Gasteiger partial charge in [0.2, 0.25) is 11.9 Å². The first-order chi connectivity index (χ1) is 15.1. The van der Waals surface area contributed by atoms with Gasteiger partial charge in [0.1, 0.15) is 0 Å². The van der Waals surface area contributed by atoms with E-state index < -0.39 is 5.54 Å². The Morgan fingerprint density at radius 2 is 1.42 bits per heavy atom. The smallest absolute Gasteiger partial charge is 0.264 e. The van der Waals surface area contributed by atoms with Gasteiger partial charge in [0.25, 0.3) is 5.91 Å². The fourth-order valence-electron chi connectivity index (χ4n) is 3.67. The van der Waals surface area contributed by atoms with Crippen LogP contribution in [0, 0.1) is 0 Å². The summed E-state index contributed by atoms with van der Waals surface area (Å²) in [5.74, 6) is -0.0239. The van der Waals surface area contributed by atoms with Crippen LogP contribution < -0.4 is 10.6 Å². The molecule has 3 aromatic carbocycles. The molecular formula is C25H24N4O2. The maximum atomic E-state index is 13.3. The minimum atomic E-state index is -1.19. The van der Waals surface area contributed by atoms with Gasteiger partial charge in [0.15, 0.2) is 5.54 Å². The highest BCUT2D eigenvalue weighted by Gasteiger charge is 2.47. The van der Waals surface area contributed by atoms with Gasteiger partial charge in [0, 0.05) is 13.6 Å². The lowest BCUT2D eigenvalue weighted by Gasteiger charge is -2.24. The van der Waals surface area contributed by atoms with E-state index in [1.54, 1.807) is 11.9 Å². The van der Waals surface area contributed by atoms with Gasteiger partial charge in [-0.3, -0.25) is 14.9 Å². The molecule has 1 heterocycles. The molecule has 0 saturated carbocycles. The molecule has 31 heavy (non-hydrogen) atoms. The van der Waals surface area contributed by atoms with Crippen LogP contribution in [0.25, 0.3) is 0 Å². The van der Waals surface area contributed by atoms with Crippen molar-refractivity contribution >= 4 is 17.8 Å². The summed E-state index contributed by atoms with van der Waals surface area (Å²) in [7, 11) is 1.74. The molecule has 0 unspecified atom stereocenters. The zero-order valence-corrected chi connectivity index (χ0v) is 17.3. The van der Waals surface area contributed by atoms with Crippen LogP contribution >= 0.6 is 0 Å². The van der Waals surface area contributed by atoms with E-state index in [0.717, 1.165) is 16.7 Å². The standard InChI is InChI=1S/C25H24N4O2/c1-29(18-22(30)26-17-19-11-5-2-6-12-19)24-27-23(31)25(28-24,20-13-7-3-8-14-20)21-15-9-4-10-16-21/h2-16H,17-18H2,1H3,(H,26,30)(H,27,28,31). The molecule has 6 nitrogen and oxygen atoms in total. The lowest BCUT2D eigenvalue weighted by molar-refractivity contribution is -0.123. The number of hydrogen-bond acceptors (Lipinski definition) is 4. The highest BCUT2D eigenvalue weighted by molar-refractivity contribution is 6.10. The van der Waals surface area contributed by atoms with Crippen LogP contribution in [0.3, 0.4) is 0 Å². The van der Waals surface area contributed by atoms with Gasteiger partial charge in [-0.2, -0.15) is 0 Å². The minimum absolute atomic E-state index is 0.0750. The van der Waals surface area contributed by atoms with E-state index in [1.165, 1.54) is 0 Å². The van der Waals surface area contributed by atoms with Gasteiger partial charge >= 0.3 is 0 Å². The molecule has 156 valence electrons. The van der Waals surface area contributed by atoms with Gasteiger partial charge in [-0.25, -0.2) is 4.99 Å². The lowest BCUT2D eigenvalue weighted by Crippen LogP contribution is -2.44. The largest absolute Gasteiger partial charge is 0.350 e. The Kier molecular flexibility index (Phi) is 5.80. The summed E-state index contributed by atoms with van der Waals surface area (Å²) < 4.78 is 0. The number of nitrogens with zero attached hydrogens (tertiary/aromatic N) is 2. The third-order valence-corrected chi connectivity index (χ3v) is 5.29. The van der Waals surface area contributed by atoms with Crippen LogP contribution in [0.15, 0.2) is 96.0 Å². The van der Waals surface area contributed by atoms with E-state index in [0.29, 0.717) is 12.5 Å². The molecule has 0 bridgehead atoms. The molecule has 4 rings (SSSR count). The zero-order chi connectivity index (χ0) is 21.7. The van der Waals surface area contributed by atoms with Gasteiger partial charge in [-0.15, -0.1) is 0 Å². The van der Waals surface area contributed by atoms with E-state index in [9.17, 15) is 9.59 Å². The van der Waals surface area contributed by atoms with Gasteiger partial charge in [-0.05, 0) is 16.7 Å². The quantitative estimate of drug-likeness (QED) is 0.654. The highest BCUT2D eigenvalue weighted by atomic mass is 16.2. The highest BCUT2D eigenvalue weighted by Crippen LogP contribution is 2.37. The maximum absolute atomic E-state index is 13.3. The fraction of sp³-hybridized carbons (Fsp3) is 0.160. The van der Waals surface area contributed by atoms with Gasteiger partial charge in [0.05, 0.1) is 6.54 Å². The molecule has 2 N–H and O–H groups in total. The number of likely N-dealkylation sites (N-methyl/N-ethyl adjacent to an activating group) is 1. The molecule has 0 atom stereocenters. The molecule has 6 heteroatoms. The predicted octanol–water partition coefficient (Wildman–Crippen LogP) is 2.66. The van der Waals surface area contributed by atoms with E-state index in [4.69, 9.17) is 4.99 Å². The van der Waals surface area contributed by atoms with Crippen molar-refractivity contribution in [3.63, 3.8) is 0 Å². The summed E-state index contributed by atoms with van der Waals surface area (Å²) in [5, 5.41) is 5.78. The van der Waals surface area contributed by atoms with Crippen molar-refractivity contribution in [2.75, 3.05) is 13.6 Å². The molecule has 0 fully saturated rings. The second kappa shape index (κ2) is 8.83. The van der Waals surface area contributed by atoms with Crippen molar-refractivity contribution < 1.29 is 9.59 Å². The first kappa shape index (κ1) is 20.3.